The number of carboxylic acid groups (broad SMARTS) is 1. The van der Waals surface area contributed by atoms with Gasteiger partial charge in [0.15, 0.2) is 0 Å². The Labute approximate surface area is 99.8 Å². The van der Waals surface area contributed by atoms with Gasteiger partial charge in [-0.05, 0) is 27.2 Å². The number of amides is 1. The van der Waals surface area contributed by atoms with E-state index in [4.69, 9.17) is 15.1 Å². The molecule has 1 saturated heterocycles. The quantitative estimate of drug-likeness (QED) is 0.744. The van der Waals surface area contributed by atoms with Crippen LogP contribution in [0.15, 0.2) is 0 Å². The average molecular weight is 240 g/mol. The molecule has 1 rings (SSSR count). The lowest BCUT2D eigenvalue weighted by molar-refractivity contribution is -0.142. The Morgan fingerprint density at radius 2 is 2.06 bits per heavy atom. The monoisotopic (exact) mass is 240 g/mol. The maximum atomic E-state index is 11.8. The first-order chi connectivity index (χ1) is 7.74. The summed E-state index contributed by atoms with van der Waals surface area (Å²) < 4.78 is 5.11. The molecule has 1 N–H and O–H groups in total. The average Bonchev–Trinajstić information content (AvgIpc) is 2.58. The second kappa shape index (κ2) is 4.62. The van der Waals surface area contributed by atoms with Crippen molar-refractivity contribution >= 4 is 12.1 Å². The van der Waals surface area contributed by atoms with Gasteiger partial charge in [-0.2, -0.15) is 5.26 Å². The van der Waals surface area contributed by atoms with Gasteiger partial charge in [0.25, 0.3) is 0 Å². The van der Waals surface area contributed by atoms with E-state index in [2.05, 4.69) is 0 Å². The zero-order valence-corrected chi connectivity index (χ0v) is 10.1. The fourth-order valence-corrected chi connectivity index (χ4v) is 1.69. The maximum Gasteiger partial charge on any atom is 0.411 e. The summed E-state index contributed by atoms with van der Waals surface area (Å²) in [5.41, 5.74) is -0.676. The van der Waals surface area contributed by atoms with Crippen LogP contribution in [0.25, 0.3) is 0 Å². The highest BCUT2D eigenvalue weighted by Gasteiger charge is 2.41. The predicted molar refractivity (Wildman–Crippen MR) is 58.1 cm³/mol. The Kier molecular flexibility index (Phi) is 3.61. The summed E-state index contributed by atoms with van der Waals surface area (Å²) in [4.78, 5) is 23.9. The van der Waals surface area contributed by atoms with Crippen LogP contribution in [-0.4, -0.2) is 40.3 Å². The van der Waals surface area contributed by atoms with Crippen molar-refractivity contribution in [3.05, 3.63) is 0 Å². The summed E-state index contributed by atoms with van der Waals surface area (Å²) in [5.74, 6) is -1.54. The van der Waals surface area contributed by atoms with Crippen molar-refractivity contribution in [2.75, 3.05) is 6.54 Å². The Balaban J connectivity index is 2.78. The minimum atomic E-state index is -1.10. The molecule has 2 unspecified atom stereocenters. The zero-order valence-electron chi connectivity index (χ0n) is 10.1. The lowest BCUT2D eigenvalue weighted by atomic mass is 10.1. The van der Waals surface area contributed by atoms with E-state index in [9.17, 15) is 9.59 Å². The Hall–Kier alpha value is -1.77. The number of aliphatic carboxylic acids is 1. The molecular weight excluding hydrogens is 224 g/mol. The van der Waals surface area contributed by atoms with Crippen molar-refractivity contribution in [1.82, 2.24) is 4.90 Å². The molecule has 0 aromatic rings. The first-order valence-corrected chi connectivity index (χ1v) is 5.36. The van der Waals surface area contributed by atoms with Gasteiger partial charge < -0.3 is 9.84 Å². The number of likely N-dealkylation sites (tertiary alicyclic amines) is 1. The number of nitrogens with zero attached hydrogens (tertiary/aromatic N) is 2. The van der Waals surface area contributed by atoms with Gasteiger partial charge in [-0.15, -0.1) is 0 Å². The predicted octanol–water partition coefficient (Wildman–Crippen LogP) is 1.22. The van der Waals surface area contributed by atoms with E-state index in [0.717, 1.165) is 4.90 Å². The van der Waals surface area contributed by atoms with E-state index in [0.29, 0.717) is 0 Å². The minimum absolute atomic E-state index is 0.113. The number of carbonyl (C=O) groups excluding carboxylic acids is 1. The van der Waals surface area contributed by atoms with E-state index in [1.807, 2.05) is 6.07 Å². The summed E-state index contributed by atoms with van der Waals surface area (Å²) in [6.07, 6.45) is -0.520. The third-order valence-electron chi connectivity index (χ3n) is 2.40. The lowest BCUT2D eigenvalue weighted by Crippen LogP contribution is -2.43. The molecule has 0 radical (unpaired) electrons. The molecule has 0 aliphatic carbocycles. The Morgan fingerprint density at radius 3 is 2.47 bits per heavy atom. The topological polar surface area (TPSA) is 90.6 Å². The van der Waals surface area contributed by atoms with E-state index in [-0.39, 0.29) is 13.0 Å². The number of hydrogen-bond acceptors (Lipinski definition) is 4. The molecule has 2 atom stereocenters. The van der Waals surface area contributed by atoms with Gasteiger partial charge in [-0.3, -0.25) is 4.90 Å². The molecule has 6 nitrogen and oxygen atoms in total. The molecule has 1 aliphatic heterocycles. The number of carbonyl (C=O) groups is 2. The van der Waals surface area contributed by atoms with Crippen molar-refractivity contribution < 1.29 is 19.4 Å². The van der Waals surface area contributed by atoms with Crippen LogP contribution in [0.3, 0.4) is 0 Å². The van der Waals surface area contributed by atoms with Gasteiger partial charge in [0.1, 0.15) is 11.6 Å². The van der Waals surface area contributed by atoms with Crippen LogP contribution < -0.4 is 0 Å². The molecule has 1 aliphatic rings. The van der Waals surface area contributed by atoms with Crippen LogP contribution in [0.1, 0.15) is 27.2 Å². The highest BCUT2D eigenvalue weighted by molar-refractivity contribution is 5.81. The fraction of sp³-hybridized carbons (Fsp3) is 0.727. The molecule has 6 heteroatoms. The first-order valence-electron chi connectivity index (χ1n) is 5.36. The van der Waals surface area contributed by atoms with Crippen LogP contribution in [0, 0.1) is 17.2 Å². The van der Waals surface area contributed by atoms with E-state index < -0.39 is 29.6 Å². The molecule has 0 bridgehead atoms. The molecule has 0 saturated carbocycles. The highest BCUT2D eigenvalue weighted by Crippen LogP contribution is 2.25. The van der Waals surface area contributed by atoms with Crippen molar-refractivity contribution in [3.8, 4) is 6.07 Å². The van der Waals surface area contributed by atoms with Gasteiger partial charge in [0, 0.05) is 6.54 Å². The highest BCUT2D eigenvalue weighted by atomic mass is 16.6. The Bertz CT molecular complexity index is 367. The summed E-state index contributed by atoms with van der Waals surface area (Å²) in [6.45, 7) is 5.23. The van der Waals surface area contributed by atoms with Crippen molar-refractivity contribution in [2.45, 2.75) is 38.8 Å². The second-order valence-electron chi connectivity index (χ2n) is 5.05. The summed E-state index contributed by atoms with van der Waals surface area (Å²) in [7, 11) is 0. The number of carboxylic acids is 1. The molecular formula is C11H16N2O4. The minimum Gasteiger partial charge on any atom is -0.480 e. The molecule has 17 heavy (non-hydrogen) atoms. The van der Waals surface area contributed by atoms with Gasteiger partial charge in [0.05, 0.1) is 12.0 Å². The van der Waals surface area contributed by atoms with Crippen molar-refractivity contribution in [1.29, 1.82) is 5.26 Å². The third-order valence-corrected chi connectivity index (χ3v) is 2.40. The molecule has 0 aromatic carbocycles. The molecule has 0 spiro atoms. The molecule has 0 aromatic heterocycles. The zero-order chi connectivity index (χ0) is 13.2. The van der Waals surface area contributed by atoms with Crippen LogP contribution in [0.5, 0.6) is 0 Å². The standard InChI is InChI=1S/C11H16N2O4/c1-11(2,3)17-10(16)13-6-7(5-12)4-8(13)9(14)15/h7-8H,4,6H2,1-3H3,(H,14,15). The van der Waals surface area contributed by atoms with Crippen LogP contribution in [0.4, 0.5) is 4.79 Å². The van der Waals surface area contributed by atoms with Gasteiger partial charge in [-0.25, -0.2) is 9.59 Å². The lowest BCUT2D eigenvalue weighted by Gasteiger charge is -2.26. The van der Waals surface area contributed by atoms with E-state index >= 15 is 0 Å². The van der Waals surface area contributed by atoms with Crippen LogP contribution in [-0.2, 0) is 9.53 Å². The van der Waals surface area contributed by atoms with E-state index in [1.165, 1.54) is 0 Å². The summed E-state index contributed by atoms with van der Waals surface area (Å²) in [6, 6.07) is 1.02. The normalized spacial score (nSPS) is 24.2. The van der Waals surface area contributed by atoms with Crippen LogP contribution in [0.2, 0.25) is 0 Å². The number of hydrogen-bond donors (Lipinski definition) is 1. The van der Waals surface area contributed by atoms with Gasteiger partial charge in [-0.1, -0.05) is 0 Å². The number of nitriles is 1. The van der Waals surface area contributed by atoms with E-state index in [1.54, 1.807) is 20.8 Å². The largest absolute Gasteiger partial charge is 0.480 e. The summed E-state index contributed by atoms with van der Waals surface area (Å²) >= 11 is 0. The molecule has 1 fully saturated rings. The van der Waals surface area contributed by atoms with Gasteiger partial charge >= 0.3 is 12.1 Å². The molecule has 1 heterocycles. The summed E-state index contributed by atoms with van der Waals surface area (Å²) in [5, 5.41) is 17.8. The SMILES string of the molecule is CC(C)(C)OC(=O)N1CC(C#N)CC1C(=O)O. The number of ether oxygens (including phenoxy) is 1. The second-order valence-corrected chi connectivity index (χ2v) is 5.05. The van der Waals surface area contributed by atoms with Gasteiger partial charge in [0.2, 0.25) is 0 Å². The third kappa shape index (κ3) is 3.34. The van der Waals surface area contributed by atoms with Crippen molar-refractivity contribution in [3.63, 3.8) is 0 Å². The van der Waals surface area contributed by atoms with Crippen molar-refractivity contribution in [2.24, 2.45) is 5.92 Å². The number of rotatable bonds is 1. The van der Waals surface area contributed by atoms with Crippen LogP contribution >= 0.6 is 0 Å². The fourth-order valence-electron chi connectivity index (χ4n) is 1.69. The molecule has 1 amide bonds. The Morgan fingerprint density at radius 1 is 1.47 bits per heavy atom. The molecule has 94 valence electrons. The maximum absolute atomic E-state index is 11.8. The first kappa shape index (κ1) is 13.3. The smallest absolute Gasteiger partial charge is 0.411 e.